The van der Waals surface area contributed by atoms with Gasteiger partial charge >= 0.3 is 17.6 Å². The Bertz CT molecular complexity index is 1220. The van der Waals surface area contributed by atoms with Gasteiger partial charge in [-0.2, -0.15) is 4.39 Å². The topological polar surface area (TPSA) is 143 Å². The predicted octanol–water partition coefficient (Wildman–Crippen LogP) is 5.18. The van der Waals surface area contributed by atoms with Crippen molar-refractivity contribution in [2.45, 2.75) is 149 Å². The van der Waals surface area contributed by atoms with Gasteiger partial charge in [-0.05, 0) is 32.1 Å². The lowest BCUT2D eigenvalue weighted by atomic mass is 9.79. The molecule has 12 heteroatoms. The summed E-state index contributed by atoms with van der Waals surface area (Å²) >= 11 is 0. The molecule has 3 atom stereocenters. The van der Waals surface area contributed by atoms with E-state index in [9.17, 15) is 33.5 Å². The Balaban J connectivity index is 2.40. The Hall–Kier alpha value is -2.86. The fraction of sp³-hybridized carbons (Fsp3) is 0.788. The number of rotatable bonds is 21. The van der Waals surface area contributed by atoms with Gasteiger partial charge in [-0.3, -0.25) is 23.7 Å². The Morgan fingerprint density at radius 3 is 2.11 bits per heavy atom. The number of esters is 2. The molecule has 0 aromatic carbocycles. The van der Waals surface area contributed by atoms with Crippen LogP contribution in [0.5, 0.6) is 0 Å². The van der Waals surface area contributed by atoms with Gasteiger partial charge in [0.25, 0.3) is 5.56 Å². The zero-order valence-electron chi connectivity index (χ0n) is 27.7. The van der Waals surface area contributed by atoms with Crippen LogP contribution < -0.4 is 11.2 Å². The van der Waals surface area contributed by atoms with Gasteiger partial charge in [0.15, 0.2) is 18.1 Å². The Labute approximate surface area is 265 Å². The maximum absolute atomic E-state index is 14.9. The van der Waals surface area contributed by atoms with Crippen LogP contribution in [0.4, 0.5) is 4.39 Å². The zero-order chi connectivity index (χ0) is 33.6. The van der Waals surface area contributed by atoms with Crippen molar-refractivity contribution < 1.29 is 38.1 Å². The maximum atomic E-state index is 14.9. The molecule has 2 rings (SSSR count). The Morgan fingerprint density at radius 2 is 1.53 bits per heavy atom. The number of ether oxygens (including phenoxy) is 3. The first kappa shape index (κ1) is 38.3. The summed E-state index contributed by atoms with van der Waals surface area (Å²) in [7, 11) is 0. The van der Waals surface area contributed by atoms with Gasteiger partial charge in [0, 0.05) is 18.8 Å². The number of carbonyl (C=O) groups is 3. The SMILES string of the molecule is CCCCCCC(=O)OCn1c(=O)c(F)cn([C@H]2C[C@@](O)(C(=O)C(CCC)CCC)[C@@H](COC(=O)C(CCC)CCC)O2)c1=O. The first-order valence-corrected chi connectivity index (χ1v) is 16.7. The molecule has 0 bridgehead atoms. The van der Waals surface area contributed by atoms with Crippen LogP contribution in [-0.4, -0.2) is 50.3 Å². The van der Waals surface area contributed by atoms with Crippen LogP contribution in [0.3, 0.4) is 0 Å². The number of unbranched alkanes of at least 4 members (excludes halogenated alkanes) is 3. The van der Waals surface area contributed by atoms with E-state index in [1.807, 2.05) is 34.6 Å². The molecule has 0 saturated carbocycles. The molecule has 0 unspecified atom stereocenters. The Morgan fingerprint density at radius 1 is 0.933 bits per heavy atom. The van der Waals surface area contributed by atoms with Crippen molar-refractivity contribution in [3.63, 3.8) is 0 Å². The molecule has 1 aliphatic heterocycles. The number of aliphatic hydroxyl groups is 1. The molecule has 0 spiro atoms. The fourth-order valence-corrected chi connectivity index (χ4v) is 5.97. The van der Waals surface area contributed by atoms with Gasteiger partial charge in [0.1, 0.15) is 18.9 Å². The van der Waals surface area contributed by atoms with Gasteiger partial charge in [0.05, 0.1) is 12.1 Å². The summed E-state index contributed by atoms with van der Waals surface area (Å²) in [5, 5.41) is 11.9. The standard InChI is InChI=1S/C33H53FN2O9/c1-6-11-12-13-18-28(37)44-22-36-30(39)25(34)20-35(32(36)41)27-19-33(42,29(38)23(14-7-2)15-8-3)26(45-27)21-43-31(40)24(16-9-4)17-10-5/h20,23-24,26-27,42H,6-19,21-22H2,1-5H3/t26-,27-,33+/m1/s1. The molecule has 1 aromatic heterocycles. The minimum atomic E-state index is -2.15. The smallest absolute Gasteiger partial charge is 0.336 e. The van der Waals surface area contributed by atoms with E-state index in [1.54, 1.807) is 0 Å². The third-order valence-corrected chi connectivity index (χ3v) is 8.45. The largest absolute Gasteiger partial charge is 0.463 e. The molecule has 0 aliphatic carbocycles. The molecule has 1 fully saturated rings. The number of hydrogen-bond donors (Lipinski definition) is 1. The highest BCUT2D eigenvalue weighted by Gasteiger charge is 2.55. The molecule has 256 valence electrons. The van der Waals surface area contributed by atoms with Crippen LogP contribution in [-0.2, 0) is 35.3 Å². The predicted molar refractivity (Wildman–Crippen MR) is 166 cm³/mol. The molecule has 1 saturated heterocycles. The zero-order valence-corrected chi connectivity index (χ0v) is 27.7. The van der Waals surface area contributed by atoms with Crippen LogP contribution >= 0.6 is 0 Å². The minimum Gasteiger partial charge on any atom is -0.463 e. The Kier molecular flexibility index (Phi) is 16.1. The van der Waals surface area contributed by atoms with Crippen molar-refractivity contribution in [3.05, 3.63) is 32.9 Å². The molecular weight excluding hydrogens is 587 g/mol. The summed E-state index contributed by atoms with van der Waals surface area (Å²) in [5.41, 5.74) is -4.47. The van der Waals surface area contributed by atoms with E-state index < -0.39 is 78.4 Å². The number of carbonyl (C=O) groups excluding carboxylic acids is 3. The first-order valence-electron chi connectivity index (χ1n) is 16.7. The monoisotopic (exact) mass is 640 g/mol. The second-order valence-corrected chi connectivity index (χ2v) is 12.1. The van der Waals surface area contributed by atoms with Gasteiger partial charge in [-0.25, -0.2) is 9.36 Å². The second-order valence-electron chi connectivity index (χ2n) is 12.1. The van der Waals surface area contributed by atoms with Crippen LogP contribution in [0.15, 0.2) is 15.8 Å². The number of halogens is 1. The summed E-state index contributed by atoms with van der Waals surface area (Å²) < 4.78 is 32.8. The van der Waals surface area contributed by atoms with Crippen LogP contribution in [0, 0.1) is 17.7 Å². The summed E-state index contributed by atoms with van der Waals surface area (Å²) in [6, 6.07) is 0. The van der Waals surface area contributed by atoms with E-state index in [2.05, 4.69) is 0 Å². The second kappa shape index (κ2) is 19.0. The van der Waals surface area contributed by atoms with E-state index >= 15 is 0 Å². The maximum Gasteiger partial charge on any atom is 0.336 e. The molecule has 45 heavy (non-hydrogen) atoms. The molecular formula is C33H53FN2O9. The number of ketones is 1. The number of hydrogen-bond acceptors (Lipinski definition) is 9. The van der Waals surface area contributed by atoms with Crippen LogP contribution in [0.1, 0.15) is 131 Å². The average molecular weight is 641 g/mol. The van der Waals surface area contributed by atoms with E-state index in [0.717, 1.165) is 36.7 Å². The van der Waals surface area contributed by atoms with Crippen molar-refractivity contribution in [3.8, 4) is 0 Å². The summed E-state index contributed by atoms with van der Waals surface area (Å²) in [4.78, 5) is 64.9. The first-order chi connectivity index (χ1) is 21.5. The van der Waals surface area contributed by atoms with E-state index in [4.69, 9.17) is 14.2 Å². The summed E-state index contributed by atoms with van der Waals surface area (Å²) in [5.74, 6) is -3.74. The fourth-order valence-electron chi connectivity index (χ4n) is 5.97. The van der Waals surface area contributed by atoms with Crippen LogP contribution in [0.2, 0.25) is 0 Å². The lowest BCUT2D eigenvalue weighted by Gasteiger charge is -2.30. The minimum absolute atomic E-state index is 0.0909. The molecule has 0 amide bonds. The highest BCUT2D eigenvalue weighted by molar-refractivity contribution is 5.90. The van der Waals surface area contributed by atoms with Gasteiger partial charge in [-0.15, -0.1) is 0 Å². The normalized spacial score (nSPS) is 19.8. The van der Waals surface area contributed by atoms with Gasteiger partial charge in [-0.1, -0.05) is 79.6 Å². The lowest BCUT2D eigenvalue weighted by molar-refractivity contribution is -0.165. The third-order valence-electron chi connectivity index (χ3n) is 8.45. The molecule has 1 aromatic rings. The summed E-state index contributed by atoms with van der Waals surface area (Å²) in [6.45, 7) is 8.57. The summed E-state index contributed by atoms with van der Waals surface area (Å²) in [6.07, 6.45) is 6.18. The molecule has 0 radical (unpaired) electrons. The number of aromatic nitrogens is 2. The number of Topliss-reactive ketones (excluding diaryl/α,β-unsaturated/α-hetero) is 1. The van der Waals surface area contributed by atoms with Crippen molar-refractivity contribution in [2.24, 2.45) is 11.8 Å². The van der Waals surface area contributed by atoms with Crippen molar-refractivity contribution in [2.75, 3.05) is 6.61 Å². The quantitative estimate of drug-likeness (QED) is 0.142. The molecule has 11 nitrogen and oxygen atoms in total. The lowest BCUT2D eigenvalue weighted by Crippen LogP contribution is -2.51. The van der Waals surface area contributed by atoms with Gasteiger partial charge < -0.3 is 19.3 Å². The average Bonchev–Trinajstić information content (AvgIpc) is 3.36. The van der Waals surface area contributed by atoms with Gasteiger partial charge in [0.2, 0.25) is 5.82 Å². The van der Waals surface area contributed by atoms with Crippen LogP contribution in [0.25, 0.3) is 0 Å². The van der Waals surface area contributed by atoms with E-state index in [-0.39, 0.29) is 12.3 Å². The van der Waals surface area contributed by atoms with E-state index in [1.165, 1.54) is 0 Å². The van der Waals surface area contributed by atoms with E-state index in [0.29, 0.717) is 55.7 Å². The van der Waals surface area contributed by atoms with Crippen molar-refractivity contribution in [1.29, 1.82) is 0 Å². The highest BCUT2D eigenvalue weighted by Crippen LogP contribution is 2.40. The number of nitrogens with zero attached hydrogens (tertiary/aromatic N) is 2. The third kappa shape index (κ3) is 10.3. The highest BCUT2D eigenvalue weighted by atomic mass is 19.1. The molecule has 1 aliphatic rings. The molecule has 1 N–H and O–H groups in total. The molecule has 2 heterocycles. The van der Waals surface area contributed by atoms with Crippen molar-refractivity contribution >= 4 is 17.7 Å². The van der Waals surface area contributed by atoms with Crippen molar-refractivity contribution in [1.82, 2.24) is 9.13 Å².